The number of hydrogen-bond acceptors (Lipinski definition) is 6. The number of esters is 1. The molecule has 1 aromatic rings. The molecule has 1 aliphatic rings. The van der Waals surface area contributed by atoms with Crippen LogP contribution in [0.4, 0.5) is 14.2 Å². The number of rotatable bonds is 4. The summed E-state index contributed by atoms with van der Waals surface area (Å²) >= 11 is 1.42. The second-order valence-electron chi connectivity index (χ2n) is 7.66. The van der Waals surface area contributed by atoms with Crippen molar-refractivity contribution in [2.24, 2.45) is 0 Å². The summed E-state index contributed by atoms with van der Waals surface area (Å²) in [5, 5.41) is 2.62. The zero-order chi connectivity index (χ0) is 20.4. The van der Waals surface area contributed by atoms with E-state index in [2.05, 4.69) is 0 Å². The third kappa shape index (κ3) is 4.91. The number of carbonyl (C=O) groups is 2. The summed E-state index contributed by atoms with van der Waals surface area (Å²) in [7, 11) is 1.35. The van der Waals surface area contributed by atoms with E-state index in [0.29, 0.717) is 25.1 Å². The number of thiophene rings is 1. The van der Waals surface area contributed by atoms with Gasteiger partial charge in [-0.05, 0) is 46.6 Å². The Hall–Kier alpha value is -1.83. The Morgan fingerprint density at radius 2 is 2.07 bits per heavy atom. The van der Waals surface area contributed by atoms with Gasteiger partial charge in [-0.2, -0.15) is 0 Å². The van der Waals surface area contributed by atoms with E-state index in [1.807, 2.05) is 18.7 Å². The van der Waals surface area contributed by atoms with Crippen LogP contribution in [-0.4, -0.2) is 61.5 Å². The van der Waals surface area contributed by atoms with E-state index < -0.39 is 17.9 Å². The first-order chi connectivity index (χ1) is 12.6. The van der Waals surface area contributed by atoms with Gasteiger partial charge in [0.2, 0.25) is 0 Å². The van der Waals surface area contributed by atoms with Gasteiger partial charge in [0.15, 0.2) is 0 Å². The first kappa shape index (κ1) is 21.5. The number of anilines is 1. The van der Waals surface area contributed by atoms with E-state index in [0.717, 1.165) is 10.6 Å². The third-order valence-corrected chi connectivity index (χ3v) is 5.70. The van der Waals surface area contributed by atoms with E-state index in [1.54, 1.807) is 26.2 Å². The average Bonchev–Trinajstić information content (AvgIpc) is 2.96. The van der Waals surface area contributed by atoms with Gasteiger partial charge >= 0.3 is 12.1 Å². The fourth-order valence-electron chi connectivity index (χ4n) is 3.27. The van der Waals surface area contributed by atoms with Gasteiger partial charge in [0.1, 0.15) is 11.8 Å². The standard InChI is InChI=1S/C19H29FN2O4S/c1-7-22(16-12(2)13(11-27-16)17(23)25-6)15-8-9-21(10-14(15)20)18(24)26-19(3,4)5/h11,14-15H,7-10H2,1-6H3. The number of nitrogens with zero attached hydrogens (tertiary/aromatic N) is 2. The minimum Gasteiger partial charge on any atom is -0.465 e. The van der Waals surface area contributed by atoms with E-state index >= 15 is 0 Å². The van der Waals surface area contributed by atoms with Gasteiger partial charge in [0, 0.05) is 18.5 Å². The topological polar surface area (TPSA) is 59.1 Å². The maximum Gasteiger partial charge on any atom is 0.410 e. The van der Waals surface area contributed by atoms with Gasteiger partial charge in [0.25, 0.3) is 0 Å². The predicted octanol–water partition coefficient (Wildman–Crippen LogP) is 4.02. The lowest BCUT2D eigenvalue weighted by Crippen LogP contribution is -2.54. The van der Waals surface area contributed by atoms with E-state index in [4.69, 9.17) is 9.47 Å². The highest BCUT2D eigenvalue weighted by Crippen LogP contribution is 2.35. The lowest BCUT2D eigenvalue weighted by Gasteiger charge is -2.41. The molecule has 0 bridgehead atoms. The summed E-state index contributed by atoms with van der Waals surface area (Å²) in [6, 6.07) is -0.350. The van der Waals surface area contributed by atoms with Crippen LogP contribution in [0.3, 0.4) is 0 Å². The number of hydrogen-bond donors (Lipinski definition) is 0. The molecule has 0 aliphatic carbocycles. The minimum atomic E-state index is -1.20. The fourth-order valence-corrected chi connectivity index (χ4v) is 4.45. The number of ether oxygens (including phenoxy) is 2. The zero-order valence-electron chi connectivity index (χ0n) is 16.9. The van der Waals surface area contributed by atoms with E-state index in [9.17, 15) is 14.0 Å². The monoisotopic (exact) mass is 400 g/mol. The van der Waals surface area contributed by atoms with Crippen molar-refractivity contribution in [3.8, 4) is 0 Å². The SMILES string of the molecule is CCN(c1scc(C(=O)OC)c1C)C1CCN(C(=O)OC(C)(C)C)CC1F. The first-order valence-corrected chi connectivity index (χ1v) is 10.0. The molecule has 0 spiro atoms. The summed E-state index contributed by atoms with van der Waals surface area (Å²) in [6.45, 7) is 10.2. The molecular formula is C19H29FN2O4S. The van der Waals surface area contributed by atoms with Crippen LogP contribution < -0.4 is 4.90 Å². The molecule has 2 atom stereocenters. The molecule has 2 rings (SSSR count). The highest BCUT2D eigenvalue weighted by Gasteiger charge is 2.37. The number of piperidine rings is 1. The number of methoxy groups -OCH3 is 1. The molecule has 1 aromatic heterocycles. The maximum atomic E-state index is 15.0. The van der Waals surface area contributed by atoms with Crippen molar-refractivity contribution in [2.45, 2.75) is 58.9 Å². The number of carbonyl (C=O) groups excluding carboxylic acids is 2. The summed E-state index contributed by atoms with van der Waals surface area (Å²) in [6.07, 6.45) is -1.18. The molecule has 1 aliphatic heterocycles. The van der Waals surface area contributed by atoms with Crippen LogP contribution in [0.25, 0.3) is 0 Å². The van der Waals surface area contributed by atoms with Gasteiger partial charge < -0.3 is 19.3 Å². The van der Waals surface area contributed by atoms with Gasteiger partial charge in [-0.15, -0.1) is 11.3 Å². The molecule has 0 radical (unpaired) electrons. The Labute approximate surface area is 164 Å². The van der Waals surface area contributed by atoms with Crippen molar-refractivity contribution in [3.05, 3.63) is 16.5 Å². The third-order valence-electron chi connectivity index (χ3n) is 4.58. The largest absolute Gasteiger partial charge is 0.465 e. The number of likely N-dealkylation sites (tertiary alicyclic amines) is 1. The van der Waals surface area contributed by atoms with Crippen molar-refractivity contribution in [1.82, 2.24) is 4.90 Å². The molecule has 2 unspecified atom stereocenters. The number of alkyl halides is 1. The fraction of sp³-hybridized carbons (Fsp3) is 0.684. The average molecular weight is 401 g/mol. The second kappa shape index (κ2) is 8.46. The summed E-state index contributed by atoms with van der Waals surface area (Å²) in [4.78, 5) is 27.5. The van der Waals surface area contributed by atoms with Gasteiger partial charge in [-0.1, -0.05) is 0 Å². The first-order valence-electron chi connectivity index (χ1n) is 9.14. The van der Waals surface area contributed by atoms with Gasteiger partial charge in [-0.25, -0.2) is 14.0 Å². The van der Waals surface area contributed by atoms with Crippen LogP contribution >= 0.6 is 11.3 Å². The zero-order valence-corrected chi connectivity index (χ0v) is 17.7. The van der Waals surface area contributed by atoms with Crippen LogP contribution in [-0.2, 0) is 9.47 Å². The van der Waals surface area contributed by atoms with Crippen LogP contribution in [0.2, 0.25) is 0 Å². The summed E-state index contributed by atoms with van der Waals surface area (Å²) < 4.78 is 25.2. The van der Waals surface area contributed by atoms with Crippen molar-refractivity contribution < 1.29 is 23.5 Å². The maximum absolute atomic E-state index is 15.0. The molecule has 6 nitrogen and oxygen atoms in total. The molecule has 1 saturated heterocycles. The lowest BCUT2D eigenvalue weighted by atomic mass is 10.0. The Balaban J connectivity index is 2.13. The quantitative estimate of drug-likeness (QED) is 0.715. The van der Waals surface area contributed by atoms with Crippen molar-refractivity contribution in [3.63, 3.8) is 0 Å². The van der Waals surface area contributed by atoms with E-state index in [-0.39, 0.29) is 18.6 Å². The minimum absolute atomic E-state index is 0.00433. The predicted molar refractivity (Wildman–Crippen MR) is 105 cm³/mol. The van der Waals surface area contributed by atoms with Crippen LogP contribution in [0, 0.1) is 6.92 Å². The molecule has 0 saturated carbocycles. The molecule has 0 aromatic carbocycles. The normalized spacial score (nSPS) is 20.3. The Bertz CT molecular complexity index is 686. The highest BCUT2D eigenvalue weighted by molar-refractivity contribution is 7.14. The molecule has 0 N–H and O–H groups in total. The molecule has 27 heavy (non-hydrogen) atoms. The van der Waals surface area contributed by atoms with Gasteiger partial charge in [-0.3, -0.25) is 0 Å². The Morgan fingerprint density at radius 1 is 1.41 bits per heavy atom. The molecule has 2 heterocycles. The van der Waals surface area contributed by atoms with Crippen LogP contribution in [0.15, 0.2) is 5.38 Å². The number of halogens is 1. The van der Waals surface area contributed by atoms with Crippen molar-refractivity contribution >= 4 is 28.4 Å². The lowest BCUT2D eigenvalue weighted by molar-refractivity contribution is 0.0111. The van der Waals surface area contributed by atoms with Crippen LogP contribution in [0.5, 0.6) is 0 Å². The highest BCUT2D eigenvalue weighted by atomic mass is 32.1. The molecule has 152 valence electrons. The molecule has 8 heteroatoms. The van der Waals surface area contributed by atoms with Gasteiger partial charge in [0.05, 0.1) is 30.3 Å². The molecule has 1 fully saturated rings. The Kier molecular flexibility index (Phi) is 6.72. The smallest absolute Gasteiger partial charge is 0.410 e. The molecule has 1 amide bonds. The summed E-state index contributed by atoms with van der Waals surface area (Å²) in [5.74, 6) is -0.386. The van der Waals surface area contributed by atoms with E-state index in [1.165, 1.54) is 23.3 Å². The van der Waals surface area contributed by atoms with Crippen LogP contribution in [0.1, 0.15) is 50.0 Å². The second-order valence-corrected chi connectivity index (χ2v) is 8.51. The number of amides is 1. The Morgan fingerprint density at radius 3 is 2.59 bits per heavy atom. The van der Waals surface area contributed by atoms with Crippen molar-refractivity contribution in [1.29, 1.82) is 0 Å². The molecular weight excluding hydrogens is 371 g/mol. The van der Waals surface area contributed by atoms with Crippen molar-refractivity contribution in [2.75, 3.05) is 31.6 Å². The summed E-state index contributed by atoms with van der Waals surface area (Å²) in [5.41, 5.74) is 0.709.